The van der Waals surface area contributed by atoms with E-state index in [0.717, 1.165) is 37.3 Å². The highest BCUT2D eigenvalue weighted by Crippen LogP contribution is 2.24. The number of rotatable bonds is 4. The van der Waals surface area contributed by atoms with Gasteiger partial charge in [0.25, 0.3) is 0 Å². The van der Waals surface area contributed by atoms with Crippen molar-refractivity contribution in [3.05, 3.63) is 24.2 Å². The number of ether oxygens (including phenoxy) is 1. The summed E-state index contributed by atoms with van der Waals surface area (Å²) < 4.78 is 8.03. The molecule has 0 spiro atoms. The van der Waals surface area contributed by atoms with Crippen molar-refractivity contribution in [1.82, 2.24) is 19.4 Å². The van der Waals surface area contributed by atoms with E-state index in [-0.39, 0.29) is 0 Å². The van der Waals surface area contributed by atoms with Gasteiger partial charge < -0.3 is 14.2 Å². The molecule has 0 aromatic carbocycles. The molecule has 5 heteroatoms. The second kappa shape index (κ2) is 6.57. The van der Waals surface area contributed by atoms with E-state index in [1.54, 1.807) is 0 Å². The first kappa shape index (κ1) is 15.1. The summed E-state index contributed by atoms with van der Waals surface area (Å²) in [7, 11) is 2.23. The molecule has 2 fully saturated rings. The summed E-state index contributed by atoms with van der Waals surface area (Å²) in [6.45, 7) is 3.98. The lowest BCUT2D eigenvalue weighted by atomic mass is 10.0. The predicted octanol–water partition coefficient (Wildman–Crippen LogP) is 2.49. The zero-order chi connectivity index (χ0) is 15.6. The quantitative estimate of drug-likeness (QED) is 0.869. The van der Waals surface area contributed by atoms with Crippen molar-refractivity contribution in [3.8, 4) is 0 Å². The Balaban J connectivity index is 1.63. The topological polar surface area (TPSA) is 43.2 Å². The molecule has 0 N–H and O–H groups in total. The summed E-state index contributed by atoms with van der Waals surface area (Å²) in [4.78, 5) is 12.0. The smallest absolute Gasteiger partial charge is 0.159 e. The Hall–Kier alpha value is -1.46. The van der Waals surface area contributed by atoms with E-state index in [9.17, 15) is 0 Å². The predicted molar refractivity (Wildman–Crippen MR) is 90.4 cm³/mol. The van der Waals surface area contributed by atoms with Crippen LogP contribution in [-0.4, -0.2) is 52.3 Å². The lowest BCUT2D eigenvalue weighted by Gasteiger charge is -2.24. The average molecular weight is 314 g/mol. The van der Waals surface area contributed by atoms with Gasteiger partial charge in [0.2, 0.25) is 0 Å². The third kappa shape index (κ3) is 3.12. The number of pyridine rings is 1. The lowest BCUT2D eigenvalue weighted by Crippen LogP contribution is -2.29. The van der Waals surface area contributed by atoms with Gasteiger partial charge >= 0.3 is 0 Å². The molecule has 4 rings (SSSR count). The Morgan fingerprint density at radius 3 is 3.04 bits per heavy atom. The molecule has 2 atom stereocenters. The summed E-state index contributed by atoms with van der Waals surface area (Å²) in [6.07, 6.45) is 7.90. The van der Waals surface area contributed by atoms with Crippen LogP contribution in [0.25, 0.3) is 11.2 Å². The van der Waals surface area contributed by atoms with Gasteiger partial charge in [-0.25, -0.2) is 9.97 Å². The van der Waals surface area contributed by atoms with Gasteiger partial charge in [-0.1, -0.05) is 0 Å². The van der Waals surface area contributed by atoms with Crippen LogP contribution in [0, 0.1) is 5.92 Å². The fourth-order valence-electron chi connectivity index (χ4n) is 4.01. The standard InChI is InChI=1S/C18H26N4O/c1-21-9-3-6-15(21)11-17-20-16-7-2-8-19-18(16)22(17)12-14-5-4-10-23-13-14/h2,7-8,14-15H,3-6,9-13H2,1H3. The monoisotopic (exact) mass is 314 g/mol. The molecule has 0 bridgehead atoms. The fraction of sp³-hybridized carbons (Fsp3) is 0.667. The lowest BCUT2D eigenvalue weighted by molar-refractivity contribution is 0.0483. The number of likely N-dealkylation sites (N-methyl/N-ethyl adjacent to an activating group) is 1. The summed E-state index contributed by atoms with van der Waals surface area (Å²) in [5.41, 5.74) is 2.06. The third-order valence-electron chi connectivity index (χ3n) is 5.37. The molecule has 2 aliphatic heterocycles. The SMILES string of the molecule is CN1CCCC1Cc1nc2cccnc2n1CC1CCCOC1. The number of hydrogen-bond acceptors (Lipinski definition) is 4. The van der Waals surface area contributed by atoms with E-state index in [1.807, 2.05) is 12.3 Å². The molecule has 2 saturated heterocycles. The van der Waals surface area contributed by atoms with Crippen LogP contribution in [0.3, 0.4) is 0 Å². The fourth-order valence-corrected chi connectivity index (χ4v) is 4.01. The summed E-state index contributed by atoms with van der Waals surface area (Å²) in [5.74, 6) is 1.78. The van der Waals surface area contributed by atoms with Crippen LogP contribution in [0.5, 0.6) is 0 Å². The van der Waals surface area contributed by atoms with E-state index >= 15 is 0 Å². The first-order chi connectivity index (χ1) is 11.3. The minimum Gasteiger partial charge on any atom is -0.381 e. The van der Waals surface area contributed by atoms with Crippen LogP contribution in [0.4, 0.5) is 0 Å². The average Bonchev–Trinajstić information content (AvgIpc) is 3.13. The van der Waals surface area contributed by atoms with Gasteiger partial charge in [-0.2, -0.15) is 0 Å². The molecule has 2 aromatic heterocycles. The molecule has 124 valence electrons. The summed E-state index contributed by atoms with van der Waals surface area (Å²) >= 11 is 0. The van der Waals surface area contributed by atoms with Crippen molar-refractivity contribution in [2.24, 2.45) is 5.92 Å². The molecule has 23 heavy (non-hydrogen) atoms. The van der Waals surface area contributed by atoms with Gasteiger partial charge in [-0.05, 0) is 51.4 Å². The van der Waals surface area contributed by atoms with Crippen molar-refractivity contribution < 1.29 is 4.74 Å². The molecule has 2 aromatic rings. The van der Waals surface area contributed by atoms with Gasteiger partial charge in [0.05, 0.1) is 6.61 Å². The van der Waals surface area contributed by atoms with E-state index < -0.39 is 0 Å². The maximum absolute atomic E-state index is 5.67. The van der Waals surface area contributed by atoms with Crippen LogP contribution >= 0.6 is 0 Å². The van der Waals surface area contributed by atoms with Crippen molar-refractivity contribution in [3.63, 3.8) is 0 Å². The Kier molecular flexibility index (Phi) is 4.31. The maximum Gasteiger partial charge on any atom is 0.159 e. The largest absolute Gasteiger partial charge is 0.381 e. The first-order valence-corrected chi connectivity index (χ1v) is 8.89. The minimum absolute atomic E-state index is 0.586. The minimum atomic E-state index is 0.586. The third-order valence-corrected chi connectivity index (χ3v) is 5.37. The van der Waals surface area contributed by atoms with E-state index in [2.05, 4.69) is 27.6 Å². The van der Waals surface area contributed by atoms with Crippen molar-refractivity contribution in [1.29, 1.82) is 0 Å². The molecule has 5 nitrogen and oxygen atoms in total. The Morgan fingerprint density at radius 2 is 2.26 bits per heavy atom. The number of nitrogens with zero attached hydrogens (tertiary/aromatic N) is 4. The van der Waals surface area contributed by atoms with E-state index in [1.165, 1.54) is 38.1 Å². The molecule has 2 aliphatic rings. The number of imidazole rings is 1. The highest BCUT2D eigenvalue weighted by Gasteiger charge is 2.25. The molecular weight excluding hydrogens is 288 g/mol. The Labute approximate surface area is 137 Å². The molecule has 0 saturated carbocycles. The second-order valence-corrected chi connectivity index (χ2v) is 7.05. The van der Waals surface area contributed by atoms with Crippen LogP contribution in [0.15, 0.2) is 18.3 Å². The molecule has 2 unspecified atom stereocenters. The van der Waals surface area contributed by atoms with Crippen LogP contribution in [-0.2, 0) is 17.7 Å². The van der Waals surface area contributed by atoms with Gasteiger partial charge in [0, 0.05) is 37.7 Å². The van der Waals surface area contributed by atoms with Crippen LogP contribution in [0.2, 0.25) is 0 Å². The van der Waals surface area contributed by atoms with Crippen LogP contribution in [0.1, 0.15) is 31.5 Å². The van der Waals surface area contributed by atoms with Crippen molar-refractivity contribution >= 4 is 11.2 Å². The van der Waals surface area contributed by atoms with Gasteiger partial charge in [-0.15, -0.1) is 0 Å². The molecule has 0 aliphatic carbocycles. The van der Waals surface area contributed by atoms with Gasteiger partial charge in [-0.3, -0.25) is 0 Å². The summed E-state index contributed by atoms with van der Waals surface area (Å²) in [5, 5.41) is 0. The zero-order valence-electron chi connectivity index (χ0n) is 13.9. The normalized spacial score (nSPS) is 26.1. The number of hydrogen-bond donors (Lipinski definition) is 0. The van der Waals surface area contributed by atoms with E-state index in [4.69, 9.17) is 9.72 Å². The Bertz CT molecular complexity index is 662. The molecular formula is C18H26N4O. The highest BCUT2D eigenvalue weighted by atomic mass is 16.5. The van der Waals surface area contributed by atoms with E-state index in [0.29, 0.717) is 12.0 Å². The number of aromatic nitrogens is 3. The number of fused-ring (bicyclic) bond motifs is 1. The van der Waals surface area contributed by atoms with Gasteiger partial charge in [0.15, 0.2) is 5.65 Å². The Morgan fingerprint density at radius 1 is 1.30 bits per heavy atom. The number of likely N-dealkylation sites (tertiary alicyclic amines) is 1. The molecule has 0 amide bonds. The molecule has 0 radical (unpaired) electrons. The van der Waals surface area contributed by atoms with Crippen LogP contribution < -0.4 is 0 Å². The summed E-state index contributed by atoms with van der Waals surface area (Å²) in [6, 6.07) is 4.68. The second-order valence-electron chi connectivity index (χ2n) is 7.05. The first-order valence-electron chi connectivity index (χ1n) is 8.89. The zero-order valence-corrected chi connectivity index (χ0v) is 13.9. The maximum atomic E-state index is 5.67. The highest BCUT2D eigenvalue weighted by molar-refractivity contribution is 5.71. The van der Waals surface area contributed by atoms with Crippen molar-refractivity contribution in [2.75, 3.05) is 26.8 Å². The van der Waals surface area contributed by atoms with Gasteiger partial charge in [0.1, 0.15) is 11.3 Å². The molecule has 4 heterocycles. The van der Waals surface area contributed by atoms with Crippen molar-refractivity contribution in [2.45, 2.75) is 44.7 Å².